The summed E-state index contributed by atoms with van der Waals surface area (Å²) in [6.45, 7) is -3.53. The Kier molecular flexibility index (Phi) is 4.86. The molecule has 0 radical (unpaired) electrons. The molecule has 0 amide bonds. The Morgan fingerprint density at radius 3 is 2.53 bits per heavy atom. The van der Waals surface area contributed by atoms with Crippen molar-refractivity contribution in [3.63, 3.8) is 0 Å². The number of hydrogen-bond donors (Lipinski definition) is 0. The minimum Gasteiger partial charge on any atom is -0.770 e. The van der Waals surface area contributed by atoms with Gasteiger partial charge in [0.15, 0.2) is 6.72 Å². The molecular weight excluding hydrogens is 346 g/mol. The van der Waals surface area contributed by atoms with Crippen molar-refractivity contribution in [2.45, 2.75) is 0 Å². The SMILES string of the molecule is COP([O-])(=S)Oc1cc(Cl)c(Br)cc1Cl. The van der Waals surface area contributed by atoms with Crippen LogP contribution in [0.1, 0.15) is 0 Å². The summed E-state index contributed by atoms with van der Waals surface area (Å²) in [7, 11) is 1.20. The molecule has 15 heavy (non-hydrogen) atoms. The molecule has 0 fully saturated rings. The summed E-state index contributed by atoms with van der Waals surface area (Å²) < 4.78 is 10.0. The Labute approximate surface area is 111 Å². The zero-order chi connectivity index (χ0) is 11.6. The predicted octanol–water partition coefficient (Wildman–Crippen LogP) is 3.37. The molecule has 8 heteroatoms. The largest absolute Gasteiger partial charge is 0.770 e. The Morgan fingerprint density at radius 1 is 1.40 bits per heavy atom. The monoisotopic (exact) mass is 349 g/mol. The lowest BCUT2D eigenvalue weighted by molar-refractivity contribution is -0.196. The predicted molar refractivity (Wildman–Crippen MR) is 66.1 cm³/mol. The van der Waals surface area contributed by atoms with Crippen molar-refractivity contribution in [2.24, 2.45) is 0 Å². The van der Waals surface area contributed by atoms with Crippen LogP contribution in [0.3, 0.4) is 0 Å². The van der Waals surface area contributed by atoms with Gasteiger partial charge < -0.3 is 13.9 Å². The fourth-order valence-corrected chi connectivity index (χ4v) is 2.32. The molecule has 0 aromatic heterocycles. The Morgan fingerprint density at radius 2 is 2.00 bits per heavy atom. The maximum atomic E-state index is 11.4. The van der Waals surface area contributed by atoms with Crippen LogP contribution in [0.4, 0.5) is 0 Å². The summed E-state index contributed by atoms with van der Waals surface area (Å²) in [6.07, 6.45) is 0. The first-order valence-corrected chi connectivity index (χ1v) is 7.67. The zero-order valence-electron chi connectivity index (χ0n) is 7.37. The summed E-state index contributed by atoms with van der Waals surface area (Å²) in [4.78, 5) is 11.4. The third-order valence-electron chi connectivity index (χ3n) is 1.41. The van der Waals surface area contributed by atoms with Crippen LogP contribution < -0.4 is 9.42 Å². The minimum atomic E-state index is -3.53. The summed E-state index contributed by atoms with van der Waals surface area (Å²) in [5.74, 6) is 0.130. The van der Waals surface area contributed by atoms with E-state index in [0.717, 1.165) is 0 Å². The van der Waals surface area contributed by atoms with Gasteiger partial charge in [-0.05, 0) is 33.8 Å². The van der Waals surface area contributed by atoms with E-state index in [1.165, 1.54) is 19.2 Å². The maximum Gasteiger partial charge on any atom is 0.169 e. The molecule has 0 N–H and O–H groups in total. The second kappa shape index (κ2) is 5.32. The molecule has 1 unspecified atom stereocenters. The average molecular weight is 351 g/mol. The molecule has 0 saturated heterocycles. The molecule has 0 aliphatic rings. The van der Waals surface area contributed by atoms with Crippen molar-refractivity contribution in [3.05, 3.63) is 26.7 Å². The molecule has 3 nitrogen and oxygen atoms in total. The van der Waals surface area contributed by atoms with Crippen molar-refractivity contribution >= 4 is 57.7 Å². The van der Waals surface area contributed by atoms with Gasteiger partial charge in [-0.2, -0.15) is 0 Å². The molecule has 0 saturated carbocycles. The van der Waals surface area contributed by atoms with Crippen molar-refractivity contribution < 1.29 is 13.9 Å². The lowest BCUT2D eigenvalue weighted by Gasteiger charge is -2.26. The van der Waals surface area contributed by atoms with Gasteiger partial charge in [0.1, 0.15) is 5.75 Å². The zero-order valence-corrected chi connectivity index (χ0v) is 12.2. The highest BCUT2D eigenvalue weighted by atomic mass is 79.9. The standard InChI is InChI=1S/C7H6BrCl2O3PS/c1-12-14(11,15)13-7-3-5(9)4(8)2-6(7)10/h2-3H,1H3,(H,11,15)/p-1. The van der Waals surface area contributed by atoms with Gasteiger partial charge in [-0.3, -0.25) is 0 Å². The third kappa shape index (κ3) is 3.86. The minimum absolute atomic E-state index is 0.130. The number of rotatable bonds is 3. The van der Waals surface area contributed by atoms with Crippen LogP contribution in [0.5, 0.6) is 5.75 Å². The molecular formula is C7H5BrCl2O3PS-. The number of halogens is 3. The van der Waals surface area contributed by atoms with Crippen LogP contribution in [-0.4, -0.2) is 7.11 Å². The highest BCUT2D eigenvalue weighted by Crippen LogP contribution is 2.43. The summed E-state index contributed by atoms with van der Waals surface area (Å²) in [5, 5.41) is 0.619. The Balaban J connectivity index is 3.06. The number of hydrogen-bond acceptors (Lipinski definition) is 4. The van der Waals surface area contributed by atoms with E-state index in [1.54, 1.807) is 0 Å². The Bertz CT molecular complexity index is 429. The lowest BCUT2D eigenvalue weighted by Crippen LogP contribution is -2.08. The van der Waals surface area contributed by atoms with Crippen LogP contribution in [0.2, 0.25) is 10.0 Å². The molecule has 1 aromatic carbocycles. The van der Waals surface area contributed by atoms with Gasteiger partial charge >= 0.3 is 0 Å². The van der Waals surface area contributed by atoms with E-state index in [0.29, 0.717) is 9.50 Å². The molecule has 1 atom stereocenters. The van der Waals surface area contributed by atoms with Crippen LogP contribution in [0.15, 0.2) is 16.6 Å². The average Bonchev–Trinajstić information content (AvgIpc) is 2.14. The van der Waals surface area contributed by atoms with E-state index in [1.807, 2.05) is 0 Å². The van der Waals surface area contributed by atoms with Crippen LogP contribution in [0, 0.1) is 0 Å². The highest BCUT2D eigenvalue weighted by Gasteiger charge is 2.10. The second-order valence-electron chi connectivity index (χ2n) is 2.42. The Hall–Kier alpha value is 0.650. The van der Waals surface area contributed by atoms with Crippen molar-refractivity contribution in [3.8, 4) is 5.75 Å². The van der Waals surface area contributed by atoms with Gasteiger partial charge in [0.25, 0.3) is 0 Å². The molecule has 1 aromatic rings. The van der Waals surface area contributed by atoms with Crippen molar-refractivity contribution in [1.82, 2.24) is 0 Å². The highest BCUT2D eigenvalue weighted by molar-refractivity contribution is 9.10. The molecule has 0 aliphatic heterocycles. The first kappa shape index (κ1) is 13.7. The third-order valence-corrected chi connectivity index (χ3v) is 4.44. The lowest BCUT2D eigenvalue weighted by atomic mass is 10.3. The molecule has 0 bridgehead atoms. The smallest absolute Gasteiger partial charge is 0.169 e. The van der Waals surface area contributed by atoms with E-state index < -0.39 is 6.72 Å². The van der Waals surface area contributed by atoms with E-state index in [4.69, 9.17) is 27.7 Å². The van der Waals surface area contributed by atoms with Crippen molar-refractivity contribution in [2.75, 3.05) is 7.11 Å². The summed E-state index contributed by atoms with van der Waals surface area (Å²) >= 11 is 19.4. The van der Waals surface area contributed by atoms with Gasteiger partial charge in [-0.15, -0.1) is 0 Å². The van der Waals surface area contributed by atoms with Crippen LogP contribution in [-0.2, 0) is 16.3 Å². The summed E-state index contributed by atoms with van der Waals surface area (Å²) in [6, 6.07) is 2.93. The molecule has 0 aliphatic carbocycles. The normalized spacial score (nSPS) is 14.7. The van der Waals surface area contributed by atoms with Gasteiger partial charge in [0.2, 0.25) is 0 Å². The maximum absolute atomic E-state index is 11.4. The van der Waals surface area contributed by atoms with Crippen molar-refractivity contribution in [1.29, 1.82) is 0 Å². The van der Waals surface area contributed by atoms with Gasteiger partial charge in [-0.25, -0.2) is 0 Å². The molecule has 84 valence electrons. The molecule has 0 heterocycles. The second-order valence-corrected chi connectivity index (χ2v) is 6.87. The van der Waals surface area contributed by atoms with Gasteiger partial charge in [0.05, 0.1) is 10.0 Å². The fraction of sp³-hybridized carbons (Fsp3) is 0.143. The quantitative estimate of drug-likeness (QED) is 0.619. The summed E-state index contributed by atoms with van der Waals surface area (Å²) in [5.41, 5.74) is 0. The van der Waals surface area contributed by atoms with Gasteiger partial charge in [0, 0.05) is 17.6 Å². The van der Waals surface area contributed by atoms with E-state index in [2.05, 4.69) is 32.3 Å². The first-order chi connectivity index (χ1) is 6.85. The van der Waals surface area contributed by atoms with E-state index in [-0.39, 0.29) is 10.8 Å². The number of benzene rings is 1. The van der Waals surface area contributed by atoms with E-state index in [9.17, 15) is 4.89 Å². The van der Waals surface area contributed by atoms with Crippen LogP contribution >= 0.6 is 45.9 Å². The fourth-order valence-electron chi connectivity index (χ4n) is 0.732. The van der Waals surface area contributed by atoms with Crippen LogP contribution in [0.25, 0.3) is 0 Å². The molecule has 1 rings (SSSR count). The van der Waals surface area contributed by atoms with Gasteiger partial charge in [-0.1, -0.05) is 23.2 Å². The topological polar surface area (TPSA) is 41.5 Å². The first-order valence-electron chi connectivity index (χ1n) is 3.56. The molecule has 0 spiro atoms. The van der Waals surface area contributed by atoms with E-state index >= 15 is 0 Å².